The van der Waals surface area contributed by atoms with E-state index >= 15 is 0 Å². The molecule has 0 saturated heterocycles. The molecule has 0 aliphatic carbocycles. The summed E-state index contributed by atoms with van der Waals surface area (Å²) in [6, 6.07) is 10.2. The standard InChI is InChI=1S/C16H13FN2O6/c1-24-15(20)13-11(17)7-8-12(19(22)23)14(13)18-16(21)25-9-10-5-3-2-4-6-10/h2-8H,9H2,1H3,(H,18,21). The lowest BCUT2D eigenvalue weighted by Gasteiger charge is -2.11. The number of carbonyl (C=O) groups excluding carboxylic acids is 2. The number of nitrogens with zero attached hydrogens (tertiary/aromatic N) is 1. The van der Waals surface area contributed by atoms with Gasteiger partial charge in [-0.25, -0.2) is 14.0 Å². The summed E-state index contributed by atoms with van der Waals surface area (Å²) in [5.41, 5.74) is -1.37. The van der Waals surface area contributed by atoms with E-state index < -0.39 is 39.7 Å². The zero-order valence-corrected chi connectivity index (χ0v) is 13.0. The summed E-state index contributed by atoms with van der Waals surface area (Å²) in [5, 5.41) is 13.1. The zero-order chi connectivity index (χ0) is 18.4. The summed E-state index contributed by atoms with van der Waals surface area (Å²) in [6.07, 6.45) is -1.08. The van der Waals surface area contributed by atoms with Gasteiger partial charge in [-0.1, -0.05) is 30.3 Å². The summed E-state index contributed by atoms with van der Waals surface area (Å²) in [6.45, 7) is -0.108. The molecule has 0 aromatic heterocycles. The monoisotopic (exact) mass is 348 g/mol. The number of amides is 1. The number of anilines is 1. The molecule has 25 heavy (non-hydrogen) atoms. The minimum absolute atomic E-state index is 0.108. The molecular weight excluding hydrogens is 335 g/mol. The highest BCUT2D eigenvalue weighted by molar-refractivity contribution is 6.02. The minimum atomic E-state index is -1.17. The van der Waals surface area contributed by atoms with Gasteiger partial charge in [-0.2, -0.15) is 0 Å². The van der Waals surface area contributed by atoms with Crippen molar-refractivity contribution in [3.63, 3.8) is 0 Å². The van der Waals surface area contributed by atoms with E-state index in [1.165, 1.54) is 0 Å². The van der Waals surface area contributed by atoms with Gasteiger partial charge in [0.1, 0.15) is 23.7 Å². The third kappa shape index (κ3) is 4.28. The predicted octanol–water partition coefficient (Wildman–Crippen LogP) is 3.27. The van der Waals surface area contributed by atoms with Crippen molar-refractivity contribution in [2.75, 3.05) is 12.4 Å². The normalized spacial score (nSPS) is 10.0. The fourth-order valence-electron chi connectivity index (χ4n) is 2.01. The topological polar surface area (TPSA) is 108 Å². The number of nitro groups is 1. The molecule has 0 spiro atoms. The molecule has 0 bridgehead atoms. The van der Waals surface area contributed by atoms with Crippen LogP contribution < -0.4 is 5.32 Å². The number of benzene rings is 2. The van der Waals surface area contributed by atoms with Crippen molar-refractivity contribution in [3.05, 3.63) is 69.5 Å². The molecule has 1 N–H and O–H groups in total. The molecule has 0 fully saturated rings. The number of nitro benzene ring substituents is 1. The predicted molar refractivity (Wildman–Crippen MR) is 84.6 cm³/mol. The maximum Gasteiger partial charge on any atom is 0.412 e. The number of rotatable bonds is 5. The van der Waals surface area contributed by atoms with Crippen molar-refractivity contribution in [2.24, 2.45) is 0 Å². The number of carbonyl (C=O) groups is 2. The molecule has 0 radical (unpaired) electrons. The number of methoxy groups -OCH3 is 1. The van der Waals surface area contributed by atoms with Gasteiger partial charge in [0, 0.05) is 6.07 Å². The van der Waals surface area contributed by atoms with Crippen LogP contribution in [0, 0.1) is 15.9 Å². The first kappa shape index (κ1) is 17.9. The number of esters is 1. The average molecular weight is 348 g/mol. The summed E-state index contributed by atoms with van der Waals surface area (Å²) in [7, 11) is 0.984. The zero-order valence-electron chi connectivity index (χ0n) is 13.0. The quantitative estimate of drug-likeness (QED) is 0.505. The molecule has 0 heterocycles. The highest BCUT2D eigenvalue weighted by Gasteiger charge is 2.28. The molecular formula is C16H13FN2O6. The second kappa shape index (κ2) is 7.86. The molecule has 9 heteroatoms. The summed E-state index contributed by atoms with van der Waals surface area (Å²) in [5.74, 6) is -2.24. The number of hydrogen-bond acceptors (Lipinski definition) is 6. The lowest BCUT2D eigenvalue weighted by atomic mass is 10.1. The van der Waals surface area contributed by atoms with E-state index in [9.17, 15) is 24.1 Å². The molecule has 0 aliphatic rings. The Morgan fingerprint density at radius 1 is 1.20 bits per heavy atom. The number of halogens is 1. The Hall–Kier alpha value is -3.49. The van der Waals surface area contributed by atoms with E-state index in [2.05, 4.69) is 4.74 Å². The van der Waals surface area contributed by atoms with Crippen molar-refractivity contribution in [3.8, 4) is 0 Å². The van der Waals surface area contributed by atoms with Crippen LogP contribution >= 0.6 is 0 Å². The number of hydrogen-bond donors (Lipinski definition) is 1. The van der Waals surface area contributed by atoms with Crippen LogP contribution in [0.4, 0.5) is 20.6 Å². The smallest absolute Gasteiger partial charge is 0.412 e. The van der Waals surface area contributed by atoms with Crippen LogP contribution in [0.5, 0.6) is 0 Å². The van der Waals surface area contributed by atoms with Crippen LogP contribution in [0.3, 0.4) is 0 Å². The van der Waals surface area contributed by atoms with Gasteiger partial charge in [-0.15, -0.1) is 0 Å². The van der Waals surface area contributed by atoms with Gasteiger partial charge in [0.15, 0.2) is 0 Å². The number of nitrogens with one attached hydrogen (secondary N) is 1. The van der Waals surface area contributed by atoms with Gasteiger partial charge in [0.2, 0.25) is 0 Å². The molecule has 130 valence electrons. The van der Waals surface area contributed by atoms with Gasteiger partial charge in [-0.05, 0) is 11.6 Å². The van der Waals surface area contributed by atoms with E-state index in [0.29, 0.717) is 5.56 Å². The number of ether oxygens (including phenoxy) is 2. The maximum absolute atomic E-state index is 13.9. The molecule has 8 nitrogen and oxygen atoms in total. The van der Waals surface area contributed by atoms with Crippen molar-refractivity contribution in [1.29, 1.82) is 0 Å². The van der Waals surface area contributed by atoms with Crippen molar-refractivity contribution in [2.45, 2.75) is 6.61 Å². The van der Waals surface area contributed by atoms with Crippen LogP contribution in [0.15, 0.2) is 42.5 Å². The fraction of sp³-hybridized carbons (Fsp3) is 0.125. The van der Waals surface area contributed by atoms with Gasteiger partial charge in [-0.3, -0.25) is 15.4 Å². The Bertz CT molecular complexity index is 810. The Balaban J connectivity index is 2.27. The third-order valence-corrected chi connectivity index (χ3v) is 3.16. The van der Waals surface area contributed by atoms with E-state index in [0.717, 1.165) is 19.2 Å². The van der Waals surface area contributed by atoms with Gasteiger partial charge in [0.05, 0.1) is 12.0 Å². The van der Waals surface area contributed by atoms with Gasteiger partial charge >= 0.3 is 12.1 Å². The first-order chi connectivity index (χ1) is 11.9. The fourth-order valence-corrected chi connectivity index (χ4v) is 2.01. The summed E-state index contributed by atoms with van der Waals surface area (Å²) in [4.78, 5) is 33.9. The van der Waals surface area contributed by atoms with E-state index in [4.69, 9.17) is 4.74 Å². The van der Waals surface area contributed by atoms with Crippen molar-refractivity contribution >= 4 is 23.4 Å². The van der Waals surface area contributed by atoms with Crippen molar-refractivity contribution < 1.29 is 28.4 Å². The lowest BCUT2D eigenvalue weighted by molar-refractivity contribution is -0.384. The van der Waals surface area contributed by atoms with Crippen molar-refractivity contribution in [1.82, 2.24) is 0 Å². The van der Waals surface area contributed by atoms with Crippen LogP contribution in [0.25, 0.3) is 0 Å². The average Bonchev–Trinajstić information content (AvgIpc) is 2.60. The Morgan fingerprint density at radius 3 is 2.48 bits per heavy atom. The highest BCUT2D eigenvalue weighted by atomic mass is 19.1. The lowest BCUT2D eigenvalue weighted by Crippen LogP contribution is -2.19. The minimum Gasteiger partial charge on any atom is -0.465 e. The molecule has 0 atom stereocenters. The molecule has 2 aromatic rings. The highest BCUT2D eigenvalue weighted by Crippen LogP contribution is 2.31. The Morgan fingerprint density at radius 2 is 1.88 bits per heavy atom. The molecule has 0 aliphatic heterocycles. The molecule has 0 unspecified atom stereocenters. The Labute approximate surface area is 141 Å². The second-order valence-electron chi connectivity index (χ2n) is 4.75. The molecule has 2 rings (SSSR count). The maximum atomic E-state index is 13.9. The largest absolute Gasteiger partial charge is 0.465 e. The molecule has 2 aromatic carbocycles. The van der Waals surface area contributed by atoms with Crippen LogP contribution in [-0.4, -0.2) is 24.1 Å². The van der Waals surface area contributed by atoms with E-state index in [-0.39, 0.29) is 6.61 Å². The molecule has 0 saturated carbocycles. The Kier molecular flexibility index (Phi) is 5.62. The summed E-state index contributed by atoms with van der Waals surface area (Å²) >= 11 is 0. The van der Waals surface area contributed by atoms with Gasteiger partial charge < -0.3 is 9.47 Å². The van der Waals surface area contributed by atoms with Crippen LogP contribution in [0.1, 0.15) is 15.9 Å². The first-order valence-corrected chi connectivity index (χ1v) is 6.97. The first-order valence-electron chi connectivity index (χ1n) is 6.97. The second-order valence-corrected chi connectivity index (χ2v) is 4.75. The summed E-state index contributed by atoms with van der Waals surface area (Å²) < 4.78 is 23.3. The van der Waals surface area contributed by atoms with Crippen LogP contribution in [0.2, 0.25) is 0 Å². The molecule has 1 amide bonds. The van der Waals surface area contributed by atoms with Gasteiger partial charge in [0.25, 0.3) is 5.69 Å². The SMILES string of the molecule is COC(=O)c1c(F)ccc([N+](=O)[O-])c1NC(=O)OCc1ccccc1. The third-order valence-electron chi connectivity index (χ3n) is 3.16. The van der Waals surface area contributed by atoms with E-state index in [1.807, 2.05) is 5.32 Å². The van der Waals surface area contributed by atoms with E-state index in [1.54, 1.807) is 30.3 Å². The van der Waals surface area contributed by atoms with Crippen LogP contribution in [-0.2, 0) is 16.1 Å².